The molecule has 2 aromatic carbocycles. The van der Waals surface area contributed by atoms with Crippen molar-refractivity contribution in [2.24, 2.45) is 0 Å². The molecule has 0 radical (unpaired) electrons. The Labute approximate surface area is 134 Å². The van der Waals surface area contributed by atoms with Crippen molar-refractivity contribution in [1.82, 2.24) is 0 Å². The second kappa shape index (κ2) is 6.10. The number of para-hydroxylation sites is 1. The number of nitrogens with one attached hydrogen (secondary N) is 1. The van der Waals surface area contributed by atoms with Gasteiger partial charge in [-0.2, -0.15) is 0 Å². The molecule has 0 spiro atoms. The molecular formula is C18H20BrNO. The Hall–Kier alpha value is -1.48. The summed E-state index contributed by atoms with van der Waals surface area (Å²) in [5.41, 5.74) is 4.88. The van der Waals surface area contributed by atoms with Crippen LogP contribution in [0.25, 0.3) is 0 Å². The number of fused-ring (bicyclic) bond motifs is 1. The summed E-state index contributed by atoms with van der Waals surface area (Å²) in [6.07, 6.45) is 2.15. The van der Waals surface area contributed by atoms with E-state index in [1.165, 1.54) is 16.7 Å². The highest BCUT2D eigenvalue weighted by Gasteiger charge is 2.20. The van der Waals surface area contributed by atoms with E-state index >= 15 is 0 Å². The molecule has 0 saturated carbocycles. The predicted octanol–water partition coefficient (Wildman–Crippen LogP) is 5.39. The van der Waals surface area contributed by atoms with E-state index in [0.717, 1.165) is 35.4 Å². The van der Waals surface area contributed by atoms with E-state index in [0.29, 0.717) is 6.04 Å². The van der Waals surface area contributed by atoms with Crippen molar-refractivity contribution in [1.29, 1.82) is 0 Å². The van der Waals surface area contributed by atoms with Gasteiger partial charge in [0.15, 0.2) is 0 Å². The minimum Gasteiger partial charge on any atom is -0.493 e. The van der Waals surface area contributed by atoms with Gasteiger partial charge in [0, 0.05) is 15.7 Å². The topological polar surface area (TPSA) is 21.3 Å². The largest absolute Gasteiger partial charge is 0.493 e. The highest BCUT2D eigenvalue weighted by atomic mass is 79.9. The van der Waals surface area contributed by atoms with Crippen LogP contribution >= 0.6 is 15.9 Å². The first-order valence-electron chi connectivity index (χ1n) is 7.40. The smallest absolute Gasteiger partial charge is 0.127 e. The second-order valence-electron chi connectivity index (χ2n) is 5.64. The number of ether oxygens (including phenoxy) is 1. The molecule has 1 aliphatic heterocycles. The summed E-state index contributed by atoms with van der Waals surface area (Å²) in [6.45, 7) is 5.02. The molecule has 0 bridgehead atoms. The summed E-state index contributed by atoms with van der Waals surface area (Å²) >= 11 is 3.60. The van der Waals surface area contributed by atoms with Gasteiger partial charge in [-0.3, -0.25) is 0 Å². The molecule has 1 heterocycles. The lowest BCUT2D eigenvalue weighted by Gasteiger charge is -2.21. The molecule has 110 valence electrons. The molecule has 1 atom stereocenters. The molecule has 2 aromatic rings. The van der Waals surface area contributed by atoms with Crippen molar-refractivity contribution in [3.05, 3.63) is 57.6 Å². The van der Waals surface area contributed by atoms with Crippen LogP contribution in [0.4, 0.5) is 5.69 Å². The maximum absolute atomic E-state index is 5.94. The molecule has 0 aromatic heterocycles. The molecule has 3 rings (SSSR count). The molecule has 0 amide bonds. The molecule has 1 N–H and O–H groups in total. The van der Waals surface area contributed by atoms with Gasteiger partial charge in [-0.25, -0.2) is 0 Å². The fraction of sp³-hybridized carbons (Fsp3) is 0.333. The van der Waals surface area contributed by atoms with Gasteiger partial charge in [0.1, 0.15) is 5.75 Å². The zero-order chi connectivity index (χ0) is 14.8. The minimum absolute atomic E-state index is 0.303. The second-order valence-corrected chi connectivity index (χ2v) is 6.50. The van der Waals surface area contributed by atoms with Gasteiger partial charge >= 0.3 is 0 Å². The van der Waals surface area contributed by atoms with Crippen molar-refractivity contribution in [2.75, 3.05) is 11.9 Å². The summed E-state index contributed by atoms with van der Waals surface area (Å²) in [5, 5.41) is 3.66. The summed E-state index contributed by atoms with van der Waals surface area (Å²) in [5.74, 6) is 1.05. The van der Waals surface area contributed by atoms with Crippen LogP contribution in [0.3, 0.4) is 0 Å². The molecule has 0 saturated heterocycles. The number of benzene rings is 2. The quantitative estimate of drug-likeness (QED) is 0.787. The number of rotatable bonds is 2. The predicted molar refractivity (Wildman–Crippen MR) is 91.2 cm³/mol. The van der Waals surface area contributed by atoms with Crippen molar-refractivity contribution in [3.8, 4) is 5.75 Å². The maximum Gasteiger partial charge on any atom is 0.127 e. The Balaban J connectivity index is 1.92. The van der Waals surface area contributed by atoms with E-state index < -0.39 is 0 Å². The van der Waals surface area contributed by atoms with E-state index in [2.05, 4.69) is 71.5 Å². The van der Waals surface area contributed by atoms with Gasteiger partial charge in [0.25, 0.3) is 0 Å². The number of halogens is 1. The van der Waals surface area contributed by atoms with Gasteiger partial charge in [-0.05, 0) is 49.9 Å². The number of hydrogen-bond acceptors (Lipinski definition) is 2. The zero-order valence-electron chi connectivity index (χ0n) is 12.4. The monoisotopic (exact) mass is 345 g/mol. The molecule has 2 nitrogen and oxygen atoms in total. The average molecular weight is 346 g/mol. The Morgan fingerprint density at radius 3 is 2.81 bits per heavy atom. The van der Waals surface area contributed by atoms with Crippen molar-refractivity contribution in [2.45, 2.75) is 32.7 Å². The molecule has 1 unspecified atom stereocenters. The van der Waals surface area contributed by atoms with Gasteiger partial charge in [-0.15, -0.1) is 0 Å². The van der Waals surface area contributed by atoms with Gasteiger partial charge in [0.2, 0.25) is 0 Å². The summed E-state index contributed by atoms with van der Waals surface area (Å²) in [6, 6.07) is 13.1. The van der Waals surface area contributed by atoms with Gasteiger partial charge in [-0.1, -0.05) is 40.2 Å². The third kappa shape index (κ3) is 3.08. The van der Waals surface area contributed by atoms with Crippen molar-refractivity contribution < 1.29 is 4.74 Å². The Bertz CT molecular complexity index is 654. The van der Waals surface area contributed by atoms with Crippen LogP contribution in [0.2, 0.25) is 0 Å². The van der Waals surface area contributed by atoms with Crippen molar-refractivity contribution >= 4 is 21.6 Å². The maximum atomic E-state index is 5.94. The average Bonchev–Trinajstić information content (AvgIpc) is 2.67. The molecule has 0 fully saturated rings. The number of anilines is 1. The van der Waals surface area contributed by atoms with E-state index in [9.17, 15) is 0 Å². The molecule has 21 heavy (non-hydrogen) atoms. The normalized spacial score (nSPS) is 17.6. The highest BCUT2D eigenvalue weighted by molar-refractivity contribution is 9.10. The van der Waals surface area contributed by atoms with E-state index in [1.54, 1.807) is 0 Å². The number of hydrogen-bond donors (Lipinski definition) is 1. The van der Waals surface area contributed by atoms with E-state index in [-0.39, 0.29) is 0 Å². The van der Waals surface area contributed by atoms with Gasteiger partial charge < -0.3 is 10.1 Å². The Morgan fingerprint density at radius 2 is 2.00 bits per heavy atom. The summed E-state index contributed by atoms with van der Waals surface area (Å²) < 4.78 is 7.08. The molecule has 3 heteroatoms. The lowest BCUT2D eigenvalue weighted by atomic mass is 9.99. The van der Waals surface area contributed by atoms with Crippen LogP contribution in [0.5, 0.6) is 5.75 Å². The van der Waals surface area contributed by atoms with Crippen molar-refractivity contribution in [3.63, 3.8) is 0 Å². The highest BCUT2D eigenvalue weighted by Crippen LogP contribution is 2.36. The Kier molecular flexibility index (Phi) is 4.20. The summed E-state index contributed by atoms with van der Waals surface area (Å²) in [4.78, 5) is 0. The number of aryl methyl sites for hydroxylation is 2. The molecular weight excluding hydrogens is 326 g/mol. The van der Waals surface area contributed by atoms with Crippen LogP contribution in [-0.4, -0.2) is 6.61 Å². The molecule has 0 aliphatic carbocycles. The van der Waals surface area contributed by atoms with Crippen LogP contribution in [0.1, 0.15) is 35.6 Å². The van der Waals surface area contributed by atoms with Crippen LogP contribution in [0.15, 0.2) is 40.9 Å². The summed E-state index contributed by atoms with van der Waals surface area (Å²) in [7, 11) is 0. The lowest BCUT2D eigenvalue weighted by Crippen LogP contribution is -2.10. The lowest BCUT2D eigenvalue weighted by molar-refractivity contribution is 0.314. The Morgan fingerprint density at radius 1 is 1.14 bits per heavy atom. The SMILES string of the molecule is Cc1ccc(NC2CCCOc3c(C)cccc32)cc1Br. The first-order valence-corrected chi connectivity index (χ1v) is 8.19. The van der Waals surface area contributed by atoms with E-state index in [4.69, 9.17) is 4.74 Å². The zero-order valence-corrected chi connectivity index (χ0v) is 14.0. The van der Waals surface area contributed by atoms with E-state index in [1.807, 2.05) is 0 Å². The van der Waals surface area contributed by atoms with Crippen LogP contribution in [-0.2, 0) is 0 Å². The minimum atomic E-state index is 0.303. The fourth-order valence-corrected chi connectivity index (χ4v) is 3.18. The standard InChI is InChI=1S/C18H20BrNO/c1-12-8-9-14(11-16(12)19)20-17-7-4-10-21-18-13(2)5-3-6-15(17)18/h3,5-6,8-9,11,17,20H,4,7,10H2,1-2H3. The third-order valence-corrected chi connectivity index (χ3v) is 4.87. The third-order valence-electron chi connectivity index (χ3n) is 4.01. The van der Waals surface area contributed by atoms with Gasteiger partial charge in [0.05, 0.1) is 12.6 Å². The van der Waals surface area contributed by atoms with Crippen LogP contribution < -0.4 is 10.1 Å². The van der Waals surface area contributed by atoms with Crippen LogP contribution in [0, 0.1) is 13.8 Å². The first kappa shape index (κ1) is 14.5. The fourth-order valence-electron chi connectivity index (χ4n) is 2.80. The molecule has 1 aliphatic rings. The first-order chi connectivity index (χ1) is 10.1.